The number of fused-ring (bicyclic) bond motifs is 2. The Bertz CT molecular complexity index is 865. The molecular weight excluding hydrogens is 266 g/mol. The molecule has 3 aromatic rings. The molecule has 8 heteroatoms. The Morgan fingerprint density at radius 3 is 2.85 bits per heavy atom. The van der Waals surface area contributed by atoms with Crippen LogP contribution in [0.2, 0.25) is 0 Å². The van der Waals surface area contributed by atoms with Crippen molar-refractivity contribution in [2.75, 3.05) is 7.11 Å². The fourth-order valence-corrected chi connectivity index (χ4v) is 1.96. The molecule has 104 valence electrons. The summed E-state index contributed by atoms with van der Waals surface area (Å²) in [6, 6.07) is 6.28. The highest BCUT2D eigenvalue weighted by Gasteiger charge is 2.14. The lowest BCUT2D eigenvalue weighted by molar-refractivity contribution is 0.0690. The molecule has 0 atom stereocenters. The third-order valence-corrected chi connectivity index (χ3v) is 2.84. The smallest absolute Gasteiger partial charge is 0.353 e. The number of hydrogen-bond donors (Lipinski definition) is 2. The molecule has 0 bridgehead atoms. The first-order chi connectivity index (χ1) is 9.11. The van der Waals surface area contributed by atoms with Crippen molar-refractivity contribution in [1.29, 1.82) is 0 Å². The van der Waals surface area contributed by atoms with Crippen LogP contribution in [0.4, 0.5) is 0 Å². The number of carbonyl (C=O) groups is 1. The molecule has 20 heavy (non-hydrogen) atoms. The van der Waals surface area contributed by atoms with Gasteiger partial charge >= 0.3 is 5.97 Å². The van der Waals surface area contributed by atoms with E-state index >= 15 is 0 Å². The third kappa shape index (κ3) is 1.79. The number of carboxylic acids is 1. The molecule has 2 aromatic heterocycles. The van der Waals surface area contributed by atoms with E-state index in [4.69, 9.17) is 9.84 Å². The minimum atomic E-state index is -1.15. The van der Waals surface area contributed by atoms with Crippen molar-refractivity contribution in [3.8, 4) is 5.75 Å². The van der Waals surface area contributed by atoms with E-state index < -0.39 is 5.97 Å². The lowest BCUT2D eigenvalue weighted by atomic mass is 10.2. The first-order valence-electron chi connectivity index (χ1n) is 5.43. The molecule has 1 aromatic carbocycles. The van der Waals surface area contributed by atoms with Crippen LogP contribution in [-0.4, -0.2) is 38.3 Å². The zero-order valence-corrected chi connectivity index (χ0v) is 10.4. The molecule has 0 fully saturated rings. The molecule has 3 rings (SSSR count). The molecular formula is C12H11N3O5. The number of H-pyrrole nitrogens is 1. The van der Waals surface area contributed by atoms with E-state index in [0.29, 0.717) is 16.7 Å². The fourth-order valence-electron chi connectivity index (χ4n) is 1.96. The van der Waals surface area contributed by atoms with Crippen LogP contribution in [0.3, 0.4) is 0 Å². The Hall–Kier alpha value is -2.87. The number of ether oxygens (including phenoxy) is 1. The van der Waals surface area contributed by atoms with Crippen LogP contribution in [0.25, 0.3) is 16.6 Å². The summed E-state index contributed by atoms with van der Waals surface area (Å²) in [6.45, 7) is 0. The number of nitrogens with one attached hydrogen (secondary N) is 1. The highest BCUT2D eigenvalue weighted by Crippen LogP contribution is 2.21. The maximum atomic E-state index is 12.2. The summed E-state index contributed by atoms with van der Waals surface area (Å²) in [4.78, 5) is 27.4. The number of para-hydroxylation sites is 1. The second-order valence-electron chi connectivity index (χ2n) is 3.94. The van der Waals surface area contributed by atoms with E-state index in [-0.39, 0.29) is 22.4 Å². The van der Waals surface area contributed by atoms with E-state index in [9.17, 15) is 9.59 Å². The van der Waals surface area contributed by atoms with Gasteiger partial charge in [-0.05, 0) is 12.1 Å². The van der Waals surface area contributed by atoms with Crippen molar-refractivity contribution >= 4 is 22.5 Å². The number of carboxylic acid groups (broad SMARTS) is 1. The van der Waals surface area contributed by atoms with Gasteiger partial charge in [-0.2, -0.15) is 0 Å². The molecule has 0 unspecified atom stereocenters. The first-order valence-corrected chi connectivity index (χ1v) is 5.43. The van der Waals surface area contributed by atoms with Crippen LogP contribution in [-0.2, 0) is 0 Å². The normalized spacial score (nSPS) is 10.4. The Morgan fingerprint density at radius 1 is 1.45 bits per heavy atom. The zero-order chi connectivity index (χ0) is 13.6. The van der Waals surface area contributed by atoms with Crippen molar-refractivity contribution < 1.29 is 20.1 Å². The van der Waals surface area contributed by atoms with Crippen molar-refractivity contribution in [1.82, 2.24) is 14.6 Å². The predicted octanol–water partition coefficient (Wildman–Crippen LogP) is 0.0579. The summed E-state index contributed by atoms with van der Waals surface area (Å²) in [5, 5.41) is 11.8. The Kier molecular flexibility index (Phi) is 3.16. The monoisotopic (exact) mass is 277 g/mol. The van der Waals surface area contributed by atoms with Gasteiger partial charge in [-0.25, -0.2) is 14.3 Å². The molecule has 0 radical (unpaired) electrons. The summed E-state index contributed by atoms with van der Waals surface area (Å²) < 4.78 is 6.25. The molecule has 0 aliphatic rings. The summed E-state index contributed by atoms with van der Waals surface area (Å²) in [5.74, 6) is -0.684. The summed E-state index contributed by atoms with van der Waals surface area (Å²) in [7, 11) is 1.48. The van der Waals surface area contributed by atoms with Crippen LogP contribution in [0.15, 0.2) is 29.1 Å². The van der Waals surface area contributed by atoms with Crippen molar-refractivity contribution in [3.63, 3.8) is 0 Å². The Labute approximate surface area is 111 Å². The maximum Gasteiger partial charge on any atom is 0.353 e. The Balaban J connectivity index is 0.00000147. The molecule has 0 aliphatic carbocycles. The van der Waals surface area contributed by atoms with E-state index in [1.54, 1.807) is 18.2 Å². The Morgan fingerprint density at radius 2 is 2.20 bits per heavy atom. The number of benzene rings is 1. The molecule has 2 heterocycles. The first kappa shape index (κ1) is 13.6. The minimum Gasteiger partial charge on any atom is -0.494 e. The van der Waals surface area contributed by atoms with E-state index in [1.807, 2.05) is 0 Å². The molecule has 0 aliphatic heterocycles. The summed E-state index contributed by atoms with van der Waals surface area (Å²) in [5.41, 5.74) is 0.176. The second kappa shape index (κ2) is 4.67. The fraction of sp³-hybridized carbons (Fsp3) is 0.0833. The highest BCUT2D eigenvalue weighted by molar-refractivity contribution is 5.89. The minimum absolute atomic E-state index is 0. The van der Waals surface area contributed by atoms with E-state index in [2.05, 4.69) is 10.1 Å². The van der Waals surface area contributed by atoms with Gasteiger partial charge in [0.15, 0.2) is 5.65 Å². The summed E-state index contributed by atoms with van der Waals surface area (Å²) >= 11 is 0. The third-order valence-electron chi connectivity index (χ3n) is 2.84. The van der Waals surface area contributed by atoms with Gasteiger partial charge in [0.2, 0.25) is 0 Å². The number of aromatic carboxylic acids is 1. The van der Waals surface area contributed by atoms with Gasteiger partial charge < -0.3 is 15.3 Å². The highest BCUT2D eigenvalue weighted by atomic mass is 16.5. The van der Waals surface area contributed by atoms with Crippen molar-refractivity contribution in [2.45, 2.75) is 0 Å². The van der Waals surface area contributed by atoms with Crippen LogP contribution in [0.5, 0.6) is 5.75 Å². The topological polar surface area (TPSA) is 128 Å². The van der Waals surface area contributed by atoms with E-state index in [0.717, 1.165) is 4.52 Å². The summed E-state index contributed by atoms with van der Waals surface area (Å²) in [6.07, 6.45) is 0. The number of rotatable bonds is 2. The van der Waals surface area contributed by atoms with Crippen LogP contribution in [0, 0.1) is 0 Å². The standard InChI is InChI=1S/C12H9N3O4.H2O/c1-19-8-4-2-3-6-10(8)13-9-5-7(12(17)18)14-15(9)11(6)16;/h2-5,14H,1H3,(H,17,18);1H2. The molecule has 0 spiro atoms. The molecule has 0 saturated heterocycles. The van der Waals surface area contributed by atoms with Gasteiger partial charge in [-0.3, -0.25) is 9.89 Å². The van der Waals surface area contributed by atoms with Gasteiger partial charge in [0.25, 0.3) is 5.56 Å². The van der Waals surface area contributed by atoms with Crippen molar-refractivity contribution in [3.05, 3.63) is 40.3 Å². The van der Waals surface area contributed by atoms with Gasteiger partial charge in [-0.1, -0.05) is 6.07 Å². The van der Waals surface area contributed by atoms with Gasteiger partial charge in [0.05, 0.1) is 12.5 Å². The largest absolute Gasteiger partial charge is 0.494 e. The number of aromatic amines is 1. The average molecular weight is 277 g/mol. The van der Waals surface area contributed by atoms with Gasteiger partial charge in [0, 0.05) is 6.07 Å². The van der Waals surface area contributed by atoms with Gasteiger partial charge in [0.1, 0.15) is 17.0 Å². The quantitative estimate of drug-likeness (QED) is 0.684. The number of aromatic nitrogens is 3. The number of methoxy groups -OCH3 is 1. The van der Waals surface area contributed by atoms with Crippen LogP contribution in [0.1, 0.15) is 10.5 Å². The lowest BCUT2D eigenvalue weighted by Gasteiger charge is -2.03. The maximum absolute atomic E-state index is 12.2. The molecule has 8 nitrogen and oxygen atoms in total. The van der Waals surface area contributed by atoms with Crippen LogP contribution >= 0.6 is 0 Å². The lowest BCUT2D eigenvalue weighted by Crippen LogP contribution is -2.16. The predicted molar refractivity (Wildman–Crippen MR) is 70.4 cm³/mol. The second-order valence-corrected chi connectivity index (χ2v) is 3.94. The van der Waals surface area contributed by atoms with E-state index in [1.165, 1.54) is 13.2 Å². The number of hydrogen-bond acceptors (Lipinski definition) is 4. The molecule has 0 saturated carbocycles. The van der Waals surface area contributed by atoms with Gasteiger partial charge in [-0.15, -0.1) is 0 Å². The number of nitrogens with zero attached hydrogens (tertiary/aromatic N) is 2. The SMILES string of the molecule is COc1cccc2c(=O)n3[nH]c(C(=O)O)cc3nc12.O. The van der Waals surface area contributed by atoms with Crippen molar-refractivity contribution in [2.24, 2.45) is 0 Å². The average Bonchev–Trinajstić information content (AvgIpc) is 2.83. The zero-order valence-electron chi connectivity index (χ0n) is 10.4. The van der Waals surface area contributed by atoms with Crippen LogP contribution < -0.4 is 10.3 Å². The molecule has 4 N–H and O–H groups in total. The molecule has 0 amide bonds.